The number of likely N-dealkylation sites (tertiary alicyclic amines) is 1. The molecule has 1 aromatic heterocycles. The zero-order valence-corrected chi connectivity index (χ0v) is 21.1. The summed E-state index contributed by atoms with van der Waals surface area (Å²) in [6.45, 7) is 7.81. The van der Waals surface area contributed by atoms with Crippen LogP contribution in [-0.2, 0) is 6.54 Å². The van der Waals surface area contributed by atoms with Crippen LogP contribution in [0.5, 0.6) is 5.75 Å². The fourth-order valence-corrected chi connectivity index (χ4v) is 3.89. The van der Waals surface area contributed by atoms with Crippen LogP contribution < -0.4 is 15.4 Å². The van der Waals surface area contributed by atoms with Crippen molar-refractivity contribution in [3.8, 4) is 5.75 Å². The molecular weight excluding hydrogens is 503 g/mol. The highest BCUT2D eigenvalue weighted by Crippen LogP contribution is 2.26. The predicted octanol–water partition coefficient (Wildman–Crippen LogP) is 3.68. The average molecular weight is 540 g/mol. The lowest BCUT2D eigenvalue weighted by Gasteiger charge is -2.34. The van der Waals surface area contributed by atoms with Gasteiger partial charge < -0.3 is 19.9 Å². The van der Waals surface area contributed by atoms with Crippen LogP contribution in [0.25, 0.3) is 0 Å². The molecule has 0 spiro atoms. The van der Waals surface area contributed by atoms with Crippen molar-refractivity contribution in [1.82, 2.24) is 25.1 Å². The fourth-order valence-electron chi connectivity index (χ4n) is 3.89. The Balaban J connectivity index is 0.00000341. The third-order valence-electron chi connectivity index (χ3n) is 5.54. The third kappa shape index (κ3) is 8.33. The second-order valence-corrected chi connectivity index (χ2v) is 7.69. The van der Waals surface area contributed by atoms with Crippen LogP contribution in [0.2, 0.25) is 0 Å². The van der Waals surface area contributed by atoms with E-state index in [-0.39, 0.29) is 30.0 Å². The highest BCUT2D eigenvalue weighted by molar-refractivity contribution is 14.0. The highest BCUT2D eigenvalue weighted by atomic mass is 127. The van der Waals surface area contributed by atoms with Crippen LogP contribution >= 0.6 is 24.0 Å². The number of methoxy groups -OCH3 is 1. The molecule has 1 fully saturated rings. The molecule has 0 saturated carbocycles. The summed E-state index contributed by atoms with van der Waals surface area (Å²) in [5.41, 5.74) is 1.30. The first-order valence-corrected chi connectivity index (χ1v) is 11.2. The Hall–Kier alpha value is -1.81. The number of nitrogens with one attached hydrogen (secondary N) is 2. The van der Waals surface area contributed by atoms with E-state index >= 15 is 0 Å². The molecule has 1 unspecified atom stereocenters. The molecule has 2 aromatic rings. The number of aliphatic imine (C=N–C) groups is 1. The fraction of sp³-hybridized carbons (Fsp3) is 0.565. The van der Waals surface area contributed by atoms with Crippen molar-refractivity contribution >= 4 is 29.9 Å². The Morgan fingerprint density at radius 3 is 2.58 bits per heavy atom. The number of guanidine groups is 1. The van der Waals surface area contributed by atoms with Gasteiger partial charge in [-0.3, -0.25) is 9.89 Å². The molecule has 1 aromatic carbocycles. The van der Waals surface area contributed by atoms with Gasteiger partial charge >= 0.3 is 0 Å². The van der Waals surface area contributed by atoms with Crippen molar-refractivity contribution < 1.29 is 4.74 Å². The summed E-state index contributed by atoms with van der Waals surface area (Å²) >= 11 is 0. The van der Waals surface area contributed by atoms with Crippen LogP contribution in [0.15, 0.2) is 48.0 Å². The molecule has 0 aliphatic carbocycles. The smallest absolute Gasteiger partial charge is 0.191 e. The maximum absolute atomic E-state index is 5.34. The zero-order valence-electron chi connectivity index (χ0n) is 18.8. The SMILES string of the molecule is CCNC(=NCC(c1ccc(OC)cc1)N1CCCCC1)NCCCn1ccnc1.I. The van der Waals surface area contributed by atoms with Crippen LogP contribution in [-0.4, -0.2) is 60.2 Å². The van der Waals surface area contributed by atoms with Crippen molar-refractivity contribution in [2.45, 2.75) is 45.2 Å². The Bertz CT molecular complexity index is 744. The second-order valence-electron chi connectivity index (χ2n) is 7.69. The number of hydrogen-bond acceptors (Lipinski definition) is 4. The van der Waals surface area contributed by atoms with Crippen LogP contribution in [0.1, 0.15) is 44.2 Å². The number of aromatic nitrogens is 2. The van der Waals surface area contributed by atoms with Crippen molar-refractivity contribution in [1.29, 1.82) is 0 Å². The maximum Gasteiger partial charge on any atom is 0.191 e. The summed E-state index contributed by atoms with van der Waals surface area (Å²) in [7, 11) is 1.71. The monoisotopic (exact) mass is 540 g/mol. The van der Waals surface area contributed by atoms with Gasteiger partial charge in [-0.2, -0.15) is 0 Å². The molecule has 2 N–H and O–H groups in total. The van der Waals surface area contributed by atoms with Gasteiger partial charge in [0.15, 0.2) is 5.96 Å². The van der Waals surface area contributed by atoms with Gasteiger partial charge in [0.25, 0.3) is 0 Å². The van der Waals surface area contributed by atoms with E-state index in [9.17, 15) is 0 Å². The van der Waals surface area contributed by atoms with E-state index in [2.05, 4.69) is 56.3 Å². The number of piperidine rings is 1. The molecule has 0 bridgehead atoms. The molecule has 7 nitrogen and oxygen atoms in total. The molecule has 172 valence electrons. The van der Waals surface area contributed by atoms with Gasteiger partial charge in [-0.05, 0) is 57.0 Å². The number of benzene rings is 1. The summed E-state index contributed by atoms with van der Waals surface area (Å²) in [6.07, 6.45) is 10.6. The largest absolute Gasteiger partial charge is 0.497 e. The quantitative estimate of drug-likeness (QED) is 0.208. The van der Waals surface area contributed by atoms with Crippen molar-refractivity contribution in [3.05, 3.63) is 48.5 Å². The minimum Gasteiger partial charge on any atom is -0.497 e. The predicted molar refractivity (Wildman–Crippen MR) is 137 cm³/mol. The first-order chi connectivity index (χ1) is 14.8. The lowest BCUT2D eigenvalue weighted by atomic mass is 10.0. The van der Waals surface area contributed by atoms with Crippen LogP contribution in [0.4, 0.5) is 0 Å². The summed E-state index contributed by atoms with van der Waals surface area (Å²) < 4.78 is 7.44. The van der Waals surface area contributed by atoms with Gasteiger partial charge in [-0.25, -0.2) is 4.98 Å². The van der Waals surface area contributed by atoms with Gasteiger partial charge in [-0.15, -0.1) is 24.0 Å². The summed E-state index contributed by atoms with van der Waals surface area (Å²) in [5, 5.41) is 6.86. The molecule has 0 amide bonds. The van der Waals surface area contributed by atoms with E-state index in [0.29, 0.717) is 0 Å². The zero-order chi connectivity index (χ0) is 21.0. The Labute approximate surface area is 203 Å². The average Bonchev–Trinajstić information content (AvgIpc) is 3.31. The van der Waals surface area contributed by atoms with Gasteiger partial charge in [0.05, 0.1) is 26.0 Å². The van der Waals surface area contributed by atoms with Crippen molar-refractivity contribution in [3.63, 3.8) is 0 Å². The van der Waals surface area contributed by atoms with E-state index in [1.807, 2.05) is 18.7 Å². The highest BCUT2D eigenvalue weighted by Gasteiger charge is 2.22. The summed E-state index contributed by atoms with van der Waals surface area (Å²) in [6, 6.07) is 8.75. The van der Waals surface area contributed by atoms with E-state index < -0.39 is 0 Å². The van der Waals surface area contributed by atoms with Gasteiger partial charge in [-0.1, -0.05) is 18.6 Å². The lowest BCUT2D eigenvalue weighted by Crippen LogP contribution is -2.40. The third-order valence-corrected chi connectivity index (χ3v) is 5.54. The number of halogens is 1. The van der Waals surface area contributed by atoms with Crippen molar-refractivity contribution in [2.24, 2.45) is 4.99 Å². The van der Waals surface area contributed by atoms with Crippen LogP contribution in [0.3, 0.4) is 0 Å². The standard InChI is InChI=1S/C23H36N6O.HI/c1-3-25-23(26-12-7-14-28-17-13-24-19-28)27-18-22(29-15-5-4-6-16-29)20-8-10-21(30-2)11-9-20;/h8-11,13,17,19,22H,3-7,12,14-16,18H2,1-2H3,(H2,25,26,27);1H. The number of hydrogen-bond donors (Lipinski definition) is 2. The van der Waals surface area contributed by atoms with Gasteiger partial charge in [0.1, 0.15) is 5.75 Å². The minimum absolute atomic E-state index is 0. The van der Waals surface area contributed by atoms with E-state index in [0.717, 1.165) is 57.4 Å². The van der Waals surface area contributed by atoms with E-state index in [1.54, 1.807) is 7.11 Å². The molecular formula is C23H37IN6O. The minimum atomic E-state index is 0. The Morgan fingerprint density at radius 2 is 1.94 bits per heavy atom. The molecule has 1 atom stereocenters. The Morgan fingerprint density at radius 1 is 1.16 bits per heavy atom. The number of nitrogens with zero attached hydrogens (tertiary/aromatic N) is 4. The molecule has 3 rings (SSSR count). The lowest BCUT2D eigenvalue weighted by molar-refractivity contribution is 0.167. The normalized spacial score (nSPS) is 15.7. The van der Waals surface area contributed by atoms with E-state index in [1.165, 1.54) is 24.8 Å². The molecule has 8 heteroatoms. The molecule has 1 saturated heterocycles. The van der Waals surface area contributed by atoms with Gasteiger partial charge in [0.2, 0.25) is 0 Å². The number of aryl methyl sites for hydroxylation is 1. The van der Waals surface area contributed by atoms with Crippen LogP contribution in [0, 0.1) is 0 Å². The number of ether oxygens (including phenoxy) is 1. The second kappa shape index (κ2) is 14.3. The van der Waals surface area contributed by atoms with Crippen molar-refractivity contribution in [2.75, 3.05) is 39.8 Å². The van der Waals surface area contributed by atoms with Gasteiger partial charge in [0, 0.05) is 32.0 Å². The maximum atomic E-state index is 5.34. The molecule has 2 heterocycles. The summed E-state index contributed by atoms with van der Waals surface area (Å²) in [4.78, 5) is 11.6. The molecule has 1 aliphatic heterocycles. The first kappa shape index (κ1) is 25.5. The molecule has 0 radical (unpaired) electrons. The van der Waals surface area contributed by atoms with E-state index in [4.69, 9.17) is 9.73 Å². The number of rotatable bonds is 10. The first-order valence-electron chi connectivity index (χ1n) is 11.2. The molecule has 1 aliphatic rings. The molecule has 31 heavy (non-hydrogen) atoms. The Kier molecular flexibility index (Phi) is 11.7. The number of imidazole rings is 1. The summed E-state index contributed by atoms with van der Waals surface area (Å²) in [5.74, 6) is 1.78. The topological polar surface area (TPSA) is 66.7 Å².